The van der Waals surface area contributed by atoms with Crippen LogP contribution >= 0.6 is 0 Å². The largest absolute Gasteiger partial charge is 0.391 e. The summed E-state index contributed by atoms with van der Waals surface area (Å²) in [4.78, 5) is 15.1. The summed E-state index contributed by atoms with van der Waals surface area (Å²) < 4.78 is 6.77. The van der Waals surface area contributed by atoms with Crippen LogP contribution in [0.5, 0.6) is 0 Å². The molecule has 0 radical (unpaired) electrons. The minimum atomic E-state index is -0.597. The highest BCUT2D eigenvalue weighted by molar-refractivity contribution is 5.23. The fraction of sp³-hybridized carbons (Fsp3) is 0.600. The molecule has 0 aliphatic carbocycles. The molecule has 0 spiro atoms. The van der Waals surface area contributed by atoms with Crippen LogP contribution in [-0.2, 0) is 4.74 Å². The molecule has 1 heterocycles. The Kier molecular flexibility index (Phi) is 4.03. The second-order valence-electron chi connectivity index (χ2n) is 3.72. The fourth-order valence-corrected chi connectivity index (χ4v) is 1.19. The van der Waals surface area contributed by atoms with Crippen molar-refractivity contribution in [2.24, 2.45) is 0 Å². The van der Waals surface area contributed by atoms with Gasteiger partial charge in [-0.25, -0.2) is 4.79 Å². The molecule has 3 N–H and O–H groups in total. The number of aromatic nitrogens is 2. The standard InChI is InChI=1S/C10H17N3O3/c1-6(14)7(2)16-8(3)13-5-4-9(11)12-10(13)15/h4-8,14H,1-3H3,(H2,11,12,15)/t6-,7?,8?/m0/s1. The first-order valence-electron chi connectivity index (χ1n) is 5.10. The topological polar surface area (TPSA) is 90.4 Å². The molecule has 2 unspecified atom stereocenters. The fourth-order valence-electron chi connectivity index (χ4n) is 1.19. The summed E-state index contributed by atoms with van der Waals surface area (Å²) in [5, 5.41) is 9.28. The summed E-state index contributed by atoms with van der Waals surface area (Å²) in [7, 11) is 0. The van der Waals surface area contributed by atoms with Crippen LogP contribution in [0.3, 0.4) is 0 Å². The van der Waals surface area contributed by atoms with Crippen molar-refractivity contribution in [2.75, 3.05) is 5.73 Å². The molecule has 0 saturated heterocycles. The number of aliphatic hydroxyl groups is 1. The van der Waals surface area contributed by atoms with E-state index in [0.717, 1.165) is 0 Å². The van der Waals surface area contributed by atoms with E-state index >= 15 is 0 Å². The molecule has 1 rings (SSSR count). The van der Waals surface area contributed by atoms with E-state index in [9.17, 15) is 9.90 Å². The Bertz CT molecular complexity index is 403. The molecule has 1 aromatic heterocycles. The number of nitrogen functional groups attached to an aromatic ring is 1. The Balaban J connectivity index is 2.81. The van der Waals surface area contributed by atoms with Crippen molar-refractivity contribution in [1.29, 1.82) is 0 Å². The normalized spacial score (nSPS) is 16.8. The van der Waals surface area contributed by atoms with Crippen molar-refractivity contribution in [3.05, 3.63) is 22.7 Å². The molecule has 0 aliphatic heterocycles. The van der Waals surface area contributed by atoms with Gasteiger partial charge in [0.05, 0.1) is 12.2 Å². The monoisotopic (exact) mass is 227 g/mol. The number of hydrogen-bond donors (Lipinski definition) is 2. The maximum absolute atomic E-state index is 11.5. The smallest absolute Gasteiger partial charge is 0.351 e. The number of hydrogen-bond acceptors (Lipinski definition) is 5. The van der Waals surface area contributed by atoms with Gasteiger partial charge in [-0.3, -0.25) is 4.57 Å². The van der Waals surface area contributed by atoms with Gasteiger partial charge in [0, 0.05) is 6.20 Å². The average molecular weight is 227 g/mol. The first kappa shape index (κ1) is 12.7. The molecular weight excluding hydrogens is 210 g/mol. The lowest BCUT2D eigenvalue weighted by molar-refractivity contribution is -0.0851. The first-order valence-corrected chi connectivity index (χ1v) is 5.10. The number of rotatable bonds is 4. The SMILES string of the molecule is CC(OC(C)n1ccc(N)nc1=O)[C@H](C)O. The number of anilines is 1. The molecule has 0 fully saturated rings. The first-order chi connectivity index (χ1) is 7.41. The van der Waals surface area contributed by atoms with E-state index in [1.165, 1.54) is 16.8 Å². The third-order valence-electron chi connectivity index (χ3n) is 2.33. The van der Waals surface area contributed by atoms with Crippen molar-refractivity contribution in [3.63, 3.8) is 0 Å². The Hall–Kier alpha value is -1.40. The highest BCUT2D eigenvalue weighted by Crippen LogP contribution is 2.10. The molecule has 0 bridgehead atoms. The van der Waals surface area contributed by atoms with Crippen LogP contribution in [0.2, 0.25) is 0 Å². The summed E-state index contributed by atoms with van der Waals surface area (Å²) >= 11 is 0. The second kappa shape index (κ2) is 5.09. The average Bonchev–Trinajstić information content (AvgIpc) is 2.16. The van der Waals surface area contributed by atoms with E-state index in [-0.39, 0.29) is 11.9 Å². The minimum absolute atomic E-state index is 0.178. The molecule has 1 aromatic rings. The molecule has 6 heteroatoms. The lowest BCUT2D eigenvalue weighted by Crippen LogP contribution is -2.32. The van der Waals surface area contributed by atoms with E-state index in [1.54, 1.807) is 20.8 Å². The van der Waals surface area contributed by atoms with Gasteiger partial charge in [-0.15, -0.1) is 0 Å². The van der Waals surface area contributed by atoms with Gasteiger partial charge in [0.2, 0.25) is 0 Å². The van der Waals surface area contributed by atoms with Gasteiger partial charge in [0.1, 0.15) is 12.0 Å². The molecule has 0 aromatic carbocycles. The van der Waals surface area contributed by atoms with Crippen molar-refractivity contribution in [2.45, 2.75) is 39.2 Å². The zero-order valence-corrected chi connectivity index (χ0v) is 9.62. The van der Waals surface area contributed by atoms with Gasteiger partial charge >= 0.3 is 5.69 Å². The lowest BCUT2D eigenvalue weighted by atomic mass is 10.2. The van der Waals surface area contributed by atoms with Gasteiger partial charge in [0.25, 0.3) is 0 Å². The molecule has 90 valence electrons. The van der Waals surface area contributed by atoms with Crippen molar-refractivity contribution >= 4 is 5.82 Å². The number of ether oxygens (including phenoxy) is 1. The van der Waals surface area contributed by atoms with Gasteiger partial charge in [-0.2, -0.15) is 4.98 Å². The van der Waals surface area contributed by atoms with Gasteiger partial charge < -0.3 is 15.6 Å². The van der Waals surface area contributed by atoms with E-state index in [0.29, 0.717) is 0 Å². The van der Waals surface area contributed by atoms with Crippen molar-refractivity contribution in [3.8, 4) is 0 Å². The molecule has 6 nitrogen and oxygen atoms in total. The predicted molar refractivity (Wildman–Crippen MR) is 59.8 cm³/mol. The van der Waals surface area contributed by atoms with Gasteiger partial charge in [-0.05, 0) is 26.8 Å². The predicted octanol–water partition coefficient (Wildman–Crippen LogP) is 0.130. The Morgan fingerprint density at radius 2 is 2.12 bits per heavy atom. The van der Waals surface area contributed by atoms with Crippen LogP contribution in [-0.4, -0.2) is 26.9 Å². The van der Waals surface area contributed by atoms with E-state index in [2.05, 4.69) is 4.98 Å². The maximum Gasteiger partial charge on any atom is 0.351 e. The minimum Gasteiger partial charge on any atom is -0.391 e. The highest BCUT2D eigenvalue weighted by atomic mass is 16.5. The highest BCUT2D eigenvalue weighted by Gasteiger charge is 2.15. The lowest BCUT2D eigenvalue weighted by Gasteiger charge is -2.22. The summed E-state index contributed by atoms with van der Waals surface area (Å²) in [6.07, 6.45) is 0.0638. The molecule has 0 saturated carbocycles. The van der Waals surface area contributed by atoms with Crippen LogP contribution < -0.4 is 11.4 Å². The van der Waals surface area contributed by atoms with Gasteiger partial charge in [0.15, 0.2) is 0 Å². The van der Waals surface area contributed by atoms with Crippen molar-refractivity contribution < 1.29 is 9.84 Å². The van der Waals surface area contributed by atoms with Crippen LogP contribution in [0.4, 0.5) is 5.82 Å². The molecular formula is C10H17N3O3. The molecule has 16 heavy (non-hydrogen) atoms. The summed E-state index contributed by atoms with van der Waals surface area (Å²) in [6.45, 7) is 5.07. The zero-order valence-electron chi connectivity index (χ0n) is 9.62. The van der Waals surface area contributed by atoms with Crippen LogP contribution in [0.15, 0.2) is 17.1 Å². The zero-order chi connectivity index (χ0) is 12.3. The second-order valence-corrected chi connectivity index (χ2v) is 3.72. The van der Waals surface area contributed by atoms with Crippen LogP contribution in [0, 0.1) is 0 Å². The van der Waals surface area contributed by atoms with Crippen molar-refractivity contribution in [1.82, 2.24) is 9.55 Å². The summed E-state index contributed by atoms with van der Waals surface area (Å²) in [6, 6.07) is 1.52. The number of aliphatic hydroxyl groups excluding tert-OH is 1. The Morgan fingerprint density at radius 1 is 1.50 bits per heavy atom. The third kappa shape index (κ3) is 3.04. The Morgan fingerprint density at radius 3 is 2.62 bits per heavy atom. The van der Waals surface area contributed by atoms with Crippen LogP contribution in [0.1, 0.15) is 27.0 Å². The molecule has 0 amide bonds. The molecule has 0 aliphatic rings. The van der Waals surface area contributed by atoms with E-state index in [4.69, 9.17) is 10.5 Å². The van der Waals surface area contributed by atoms with E-state index < -0.39 is 18.0 Å². The quantitative estimate of drug-likeness (QED) is 0.763. The van der Waals surface area contributed by atoms with E-state index in [1.807, 2.05) is 0 Å². The van der Waals surface area contributed by atoms with Crippen LogP contribution in [0.25, 0.3) is 0 Å². The number of nitrogens with two attached hydrogens (primary N) is 1. The Labute approximate surface area is 93.7 Å². The maximum atomic E-state index is 11.5. The summed E-state index contributed by atoms with van der Waals surface area (Å²) in [5.74, 6) is 0.178. The van der Waals surface area contributed by atoms with Gasteiger partial charge in [-0.1, -0.05) is 0 Å². The molecule has 3 atom stereocenters. The third-order valence-corrected chi connectivity index (χ3v) is 2.33. The summed E-state index contributed by atoms with van der Waals surface area (Å²) in [5.41, 5.74) is 4.90. The number of nitrogens with zero attached hydrogens (tertiary/aromatic N) is 2.